The van der Waals surface area contributed by atoms with Crippen molar-refractivity contribution < 1.29 is 47.6 Å². The van der Waals surface area contributed by atoms with Gasteiger partial charge in [0.25, 0.3) is 5.78 Å². The van der Waals surface area contributed by atoms with Gasteiger partial charge in [-0.25, -0.2) is 9.59 Å². The molecule has 0 saturated carbocycles. The summed E-state index contributed by atoms with van der Waals surface area (Å²) in [5, 5.41) is 0. The third kappa shape index (κ3) is 4.61. The summed E-state index contributed by atoms with van der Waals surface area (Å²) < 4.78 is 33.2. The van der Waals surface area contributed by atoms with Gasteiger partial charge in [0.15, 0.2) is 11.5 Å². The number of hydrogen-bond donors (Lipinski definition) is 0. The van der Waals surface area contributed by atoms with Gasteiger partial charge in [0.2, 0.25) is 12.5 Å². The SMILES string of the molecule is CCCCCC(=O)OC1c2cc3c(c4c2C(C(=O)C(=O)OC)(CO4)C(=CC(=O)OC)CC(C)C1C)OCO3. The number of Topliss-reactive ketones (excluding diaryl/α,β-unsaturated/α-hetero) is 1. The number of esters is 3. The summed E-state index contributed by atoms with van der Waals surface area (Å²) in [6.07, 6.45) is 3.53. The summed E-state index contributed by atoms with van der Waals surface area (Å²) >= 11 is 0. The third-order valence-electron chi connectivity index (χ3n) is 7.78. The van der Waals surface area contributed by atoms with Gasteiger partial charge in [0, 0.05) is 29.5 Å². The molecule has 1 aliphatic carbocycles. The van der Waals surface area contributed by atoms with Crippen molar-refractivity contribution in [1.29, 1.82) is 0 Å². The van der Waals surface area contributed by atoms with E-state index in [0.717, 1.165) is 20.0 Å². The van der Waals surface area contributed by atoms with Crippen molar-refractivity contribution in [3.63, 3.8) is 0 Å². The first kappa shape index (κ1) is 27.5. The van der Waals surface area contributed by atoms with Gasteiger partial charge in [-0.3, -0.25) is 9.59 Å². The maximum absolute atomic E-state index is 13.9. The molecule has 0 bridgehead atoms. The lowest BCUT2D eigenvalue weighted by atomic mass is 9.63. The molecule has 0 spiro atoms. The van der Waals surface area contributed by atoms with Gasteiger partial charge in [-0.1, -0.05) is 33.6 Å². The molecule has 10 nitrogen and oxygen atoms in total. The van der Waals surface area contributed by atoms with Crippen molar-refractivity contribution in [2.24, 2.45) is 11.8 Å². The first-order valence-electron chi connectivity index (χ1n) is 12.9. The fourth-order valence-corrected chi connectivity index (χ4v) is 5.49. The second kappa shape index (κ2) is 11.0. The Morgan fingerprint density at radius 2 is 1.82 bits per heavy atom. The van der Waals surface area contributed by atoms with Crippen LogP contribution in [0.1, 0.15) is 70.1 Å². The van der Waals surface area contributed by atoms with Crippen LogP contribution in [0.15, 0.2) is 17.7 Å². The average molecular weight is 531 g/mol. The molecule has 4 atom stereocenters. The van der Waals surface area contributed by atoms with E-state index in [9.17, 15) is 19.2 Å². The van der Waals surface area contributed by atoms with Crippen LogP contribution in [0.25, 0.3) is 0 Å². The molecular formula is C28H34O10. The molecule has 1 aromatic carbocycles. The average Bonchev–Trinajstić information content (AvgIpc) is 3.54. The maximum Gasteiger partial charge on any atom is 0.375 e. The van der Waals surface area contributed by atoms with Crippen molar-refractivity contribution in [1.82, 2.24) is 0 Å². The first-order valence-corrected chi connectivity index (χ1v) is 12.9. The predicted octanol–water partition coefficient (Wildman–Crippen LogP) is 3.73. The molecule has 0 fully saturated rings. The van der Waals surface area contributed by atoms with Crippen LogP contribution in [0, 0.1) is 11.8 Å². The van der Waals surface area contributed by atoms with Crippen molar-refractivity contribution in [3.8, 4) is 17.2 Å². The highest BCUT2D eigenvalue weighted by Gasteiger charge is 2.58. The van der Waals surface area contributed by atoms with Gasteiger partial charge >= 0.3 is 17.9 Å². The Labute approximate surface area is 221 Å². The highest BCUT2D eigenvalue weighted by atomic mass is 16.7. The largest absolute Gasteiger partial charge is 0.487 e. The van der Waals surface area contributed by atoms with Crippen molar-refractivity contribution >= 4 is 23.7 Å². The minimum absolute atomic E-state index is 0.0647. The van der Waals surface area contributed by atoms with Crippen LogP contribution >= 0.6 is 0 Å². The lowest BCUT2D eigenvalue weighted by Gasteiger charge is -2.39. The molecule has 4 unspecified atom stereocenters. The van der Waals surface area contributed by atoms with Crippen LogP contribution in [0.5, 0.6) is 17.2 Å². The zero-order chi connectivity index (χ0) is 27.6. The van der Waals surface area contributed by atoms with E-state index in [-0.39, 0.29) is 55.5 Å². The van der Waals surface area contributed by atoms with Gasteiger partial charge in [0.05, 0.1) is 14.2 Å². The minimum atomic E-state index is -1.71. The molecule has 0 amide bonds. The summed E-state index contributed by atoms with van der Waals surface area (Å²) in [6, 6.07) is 1.68. The van der Waals surface area contributed by atoms with E-state index in [2.05, 4.69) is 6.92 Å². The van der Waals surface area contributed by atoms with E-state index in [0.29, 0.717) is 28.9 Å². The monoisotopic (exact) mass is 530 g/mol. The summed E-state index contributed by atoms with van der Waals surface area (Å²) in [5.41, 5.74) is -0.574. The van der Waals surface area contributed by atoms with Gasteiger partial charge in [0.1, 0.15) is 18.1 Å². The Kier molecular flexibility index (Phi) is 7.99. The van der Waals surface area contributed by atoms with Crippen LogP contribution in [0.4, 0.5) is 0 Å². The van der Waals surface area contributed by atoms with E-state index >= 15 is 0 Å². The van der Waals surface area contributed by atoms with E-state index in [1.807, 2.05) is 13.8 Å². The van der Waals surface area contributed by atoms with Crippen LogP contribution in [-0.4, -0.2) is 51.3 Å². The minimum Gasteiger partial charge on any atom is -0.487 e. The third-order valence-corrected chi connectivity index (χ3v) is 7.78. The Morgan fingerprint density at radius 1 is 1.05 bits per heavy atom. The second-order valence-corrected chi connectivity index (χ2v) is 10.0. The first-order chi connectivity index (χ1) is 18.2. The summed E-state index contributed by atoms with van der Waals surface area (Å²) in [5.74, 6) is -2.54. The zero-order valence-corrected chi connectivity index (χ0v) is 22.4. The number of rotatable bonds is 8. The van der Waals surface area contributed by atoms with Gasteiger partial charge in [-0.2, -0.15) is 0 Å². The number of methoxy groups -OCH3 is 2. The lowest BCUT2D eigenvalue weighted by molar-refractivity contribution is -0.155. The molecule has 1 aromatic rings. The standard InChI is InChI=1S/C28H34O10/c1-6-7-8-9-20(29)38-23-16(3)15(2)10-17(11-21(30)33-4)28(26(31)27(32)34-5)13-35-25-22(28)18(23)12-19-24(25)37-14-36-19/h11-12,15-16,23H,6-10,13-14H2,1-5H3. The fourth-order valence-electron chi connectivity index (χ4n) is 5.49. The number of fused-ring (bicyclic) bond motifs is 2. The Morgan fingerprint density at radius 3 is 2.50 bits per heavy atom. The molecule has 0 aromatic heterocycles. The molecule has 206 valence electrons. The molecule has 4 rings (SSSR count). The topological polar surface area (TPSA) is 124 Å². The molecule has 38 heavy (non-hydrogen) atoms. The molecule has 0 N–H and O–H groups in total. The molecule has 10 heteroatoms. The number of hydrogen-bond acceptors (Lipinski definition) is 10. The number of carbonyl (C=O) groups is 4. The van der Waals surface area contributed by atoms with Crippen LogP contribution in [0.2, 0.25) is 0 Å². The molecule has 3 aliphatic rings. The van der Waals surface area contributed by atoms with Gasteiger partial charge < -0.3 is 28.4 Å². The van der Waals surface area contributed by atoms with E-state index < -0.39 is 29.2 Å². The Bertz CT molecular complexity index is 1170. The number of ketones is 1. The quantitative estimate of drug-likeness (QED) is 0.161. The van der Waals surface area contributed by atoms with Crippen LogP contribution in [0.3, 0.4) is 0 Å². The smallest absolute Gasteiger partial charge is 0.375 e. The van der Waals surface area contributed by atoms with Gasteiger partial charge in [-0.05, 0) is 30.4 Å². The molecule has 2 aliphatic heterocycles. The number of ether oxygens (including phenoxy) is 6. The molecular weight excluding hydrogens is 496 g/mol. The fraction of sp³-hybridized carbons (Fsp3) is 0.571. The predicted molar refractivity (Wildman–Crippen MR) is 133 cm³/mol. The van der Waals surface area contributed by atoms with Crippen molar-refractivity contribution in [2.75, 3.05) is 27.6 Å². The van der Waals surface area contributed by atoms with Crippen molar-refractivity contribution in [3.05, 3.63) is 28.8 Å². The van der Waals surface area contributed by atoms with E-state index in [4.69, 9.17) is 28.4 Å². The summed E-state index contributed by atoms with van der Waals surface area (Å²) in [7, 11) is 2.35. The van der Waals surface area contributed by atoms with E-state index in [1.54, 1.807) is 6.07 Å². The number of benzene rings is 1. The highest BCUT2D eigenvalue weighted by molar-refractivity contribution is 6.38. The summed E-state index contributed by atoms with van der Waals surface area (Å²) in [6.45, 7) is 5.61. The second-order valence-electron chi connectivity index (χ2n) is 10.0. The molecule has 2 heterocycles. The number of unbranched alkanes of at least 4 members (excludes halogenated alkanes) is 2. The van der Waals surface area contributed by atoms with Gasteiger partial charge in [-0.15, -0.1) is 0 Å². The Hall–Kier alpha value is -3.56. The van der Waals surface area contributed by atoms with Crippen molar-refractivity contribution in [2.45, 2.75) is 64.4 Å². The normalized spacial score (nSPS) is 26.0. The molecule has 0 saturated heterocycles. The highest BCUT2D eigenvalue weighted by Crippen LogP contribution is 2.59. The summed E-state index contributed by atoms with van der Waals surface area (Å²) in [4.78, 5) is 52.1. The maximum atomic E-state index is 13.9. The number of carbonyl (C=O) groups excluding carboxylic acids is 4. The molecule has 0 radical (unpaired) electrons. The van der Waals surface area contributed by atoms with Crippen LogP contribution < -0.4 is 14.2 Å². The zero-order valence-electron chi connectivity index (χ0n) is 22.4. The lowest BCUT2D eigenvalue weighted by Crippen LogP contribution is -2.47. The Balaban J connectivity index is 1.98. The van der Waals surface area contributed by atoms with Crippen LogP contribution in [-0.2, 0) is 38.8 Å². The van der Waals surface area contributed by atoms with E-state index in [1.165, 1.54) is 13.2 Å².